The maximum Gasteiger partial charge on any atom is 0.338 e. The van der Waals surface area contributed by atoms with Gasteiger partial charge in [0.25, 0.3) is 5.91 Å². The van der Waals surface area contributed by atoms with Crippen molar-refractivity contribution in [1.29, 1.82) is 0 Å². The summed E-state index contributed by atoms with van der Waals surface area (Å²) in [4.78, 5) is 40.8. The summed E-state index contributed by atoms with van der Waals surface area (Å²) >= 11 is 7.42. The summed E-state index contributed by atoms with van der Waals surface area (Å²) in [6, 6.07) is 11.4. The van der Waals surface area contributed by atoms with Crippen LogP contribution in [0.3, 0.4) is 0 Å². The molecule has 0 spiro atoms. The number of amides is 3. The molecule has 0 atom stereocenters. The predicted octanol–water partition coefficient (Wildman–Crippen LogP) is 3.18. The number of esters is 1. The van der Waals surface area contributed by atoms with E-state index in [1.54, 1.807) is 35.6 Å². The first kappa shape index (κ1) is 19.8. The fourth-order valence-electron chi connectivity index (χ4n) is 2.40. The highest BCUT2D eigenvalue weighted by molar-refractivity contribution is 7.09. The van der Waals surface area contributed by atoms with E-state index < -0.39 is 24.5 Å². The van der Waals surface area contributed by atoms with Crippen LogP contribution in [0.5, 0.6) is 0 Å². The number of ether oxygens (including phenoxy) is 1. The summed E-state index contributed by atoms with van der Waals surface area (Å²) in [7, 11) is 0. The quantitative estimate of drug-likeness (QED) is 0.474. The molecule has 0 unspecified atom stereocenters. The molecule has 7 nitrogen and oxygen atoms in total. The summed E-state index contributed by atoms with van der Waals surface area (Å²) in [5.41, 5.74) is 0.908. The minimum absolute atomic E-state index is 0.268. The number of carbonyl (C=O) groups excluding carboxylic acids is 3. The van der Waals surface area contributed by atoms with Gasteiger partial charge in [-0.2, -0.15) is 0 Å². The molecule has 3 aromatic rings. The summed E-state index contributed by atoms with van der Waals surface area (Å²) in [5.74, 6) is -1.39. The number of nitrogens with one attached hydrogen (secondary N) is 2. The number of rotatable bonds is 6. The smallest absolute Gasteiger partial charge is 0.338 e. The van der Waals surface area contributed by atoms with E-state index in [9.17, 15) is 14.4 Å². The van der Waals surface area contributed by atoms with Crippen LogP contribution in [0.25, 0.3) is 10.9 Å². The molecule has 9 heteroatoms. The first-order valence-electron chi connectivity index (χ1n) is 8.35. The fraction of sp³-hybridized carbons (Fsp3) is 0.158. The molecule has 1 aromatic carbocycles. The van der Waals surface area contributed by atoms with Crippen molar-refractivity contribution < 1.29 is 19.1 Å². The third kappa shape index (κ3) is 5.51. The lowest BCUT2D eigenvalue weighted by Crippen LogP contribution is -2.42. The van der Waals surface area contributed by atoms with Crippen molar-refractivity contribution in [1.82, 2.24) is 15.6 Å². The summed E-state index contributed by atoms with van der Waals surface area (Å²) < 4.78 is 4.95. The van der Waals surface area contributed by atoms with E-state index in [4.69, 9.17) is 16.3 Å². The van der Waals surface area contributed by atoms with Crippen LogP contribution >= 0.6 is 22.9 Å². The van der Waals surface area contributed by atoms with Gasteiger partial charge >= 0.3 is 12.0 Å². The van der Waals surface area contributed by atoms with Crippen LogP contribution < -0.4 is 10.6 Å². The Kier molecular flexibility index (Phi) is 6.57. The van der Waals surface area contributed by atoms with E-state index in [2.05, 4.69) is 15.6 Å². The maximum absolute atomic E-state index is 12.1. The van der Waals surface area contributed by atoms with Crippen molar-refractivity contribution in [3.8, 4) is 0 Å². The highest BCUT2D eigenvalue weighted by atomic mass is 35.5. The Morgan fingerprint density at radius 3 is 2.79 bits per heavy atom. The van der Waals surface area contributed by atoms with Crippen molar-refractivity contribution in [2.45, 2.75) is 6.42 Å². The van der Waals surface area contributed by atoms with Crippen LogP contribution in [0, 0.1) is 0 Å². The monoisotopic (exact) mass is 417 g/mol. The average molecular weight is 418 g/mol. The predicted molar refractivity (Wildman–Crippen MR) is 107 cm³/mol. The second-order valence-electron chi connectivity index (χ2n) is 5.75. The van der Waals surface area contributed by atoms with Crippen LogP contribution in [-0.2, 0) is 16.0 Å². The summed E-state index contributed by atoms with van der Waals surface area (Å²) in [6.45, 7) is -0.164. The second kappa shape index (κ2) is 9.29. The Bertz CT molecular complexity index is 1010. The molecule has 2 aromatic heterocycles. The van der Waals surface area contributed by atoms with Crippen LogP contribution in [-0.4, -0.2) is 36.0 Å². The molecule has 0 saturated carbocycles. The van der Waals surface area contributed by atoms with Crippen molar-refractivity contribution >= 4 is 51.7 Å². The van der Waals surface area contributed by atoms with Gasteiger partial charge in [-0.25, -0.2) is 14.6 Å². The van der Waals surface area contributed by atoms with Gasteiger partial charge in [-0.15, -0.1) is 11.3 Å². The fourth-order valence-corrected chi connectivity index (χ4v) is 3.27. The number of thiophene rings is 1. The molecule has 2 heterocycles. The van der Waals surface area contributed by atoms with Gasteiger partial charge in [0.05, 0.1) is 11.1 Å². The molecule has 0 radical (unpaired) electrons. The summed E-state index contributed by atoms with van der Waals surface area (Å²) in [6.07, 6.45) is 0.677. The maximum atomic E-state index is 12.1. The number of halogens is 1. The van der Waals surface area contributed by atoms with Crippen LogP contribution in [0.2, 0.25) is 5.15 Å². The highest BCUT2D eigenvalue weighted by Gasteiger charge is 2.13. The molecule has 0 saturated heterocycles. The van der Waals surface area contributed by atoms with E-state index >= 15 is 0 Å². The zero-order valence-electron chi connectivity index (χ0n) is 14.6. The Morgan fingerprint density at radius 1 is 1.14 bits per heavy atom. The lowest BCUT2D eigenvalue weighted by atomic mass is 10.1. The van der Waals surface area contributed by atoms with Crippen LogP contribution in [0.4, 0.5) is 4.79 Å². The zero-order valence-corrected chi connectivity index (χ0v) is 16.2. The first-order valence-corrected chi connectivity index (χ1v) is 9.60. The number of imide groups is 1. The van der Waals surface area contributed by atoms with Gasteiger partial charge in [0, 0.05) is 16.8 Å². The highest BCUT2D eigenvalue weighted by Crippen LogP contribution is 2.17. The number of fused-ring (bicyclic) bond motifs is 1. The van der Waals surface area contributed by atoms with Gasteiger partial charge in [-0.3, -0.25) is 10.1 Å². The number of pyridine rings is 1. The average Bonchev–Trinajstić information content (AvgIpc) is 3.19. The summed E-state index contributed by atoms with van der Waals surface area (Å²) in [5, 5.41) is 7.71. The largest absolute Gasteiger partial charge is 0.452 e. The normalized spacial score (nSPS) is 10.5. The molecule has 0 bridgehead atoms. The van der Waals surface area contributed by atoms with Crippen molar-refractivity contribution in [2.75, 3.05) is 13.2 Å². The SMILES string of the molecule is O=C(COC(=O)c1ccc2nc(Cl)ccc2c1)NC(=O)NCCc1cccs1. The lowest BCUT2D eigenvalue weighted by Gasteiger charge is -2.07. The number of urea groups is 1. The Morgan fingerprint density at radius 2 is 2.00 bits per heavy atom. The second-order valence-corrected chi connectivity index (χ2v) is 7.17. The van der Waals surface area contributed by atoms with E-state index in [1.807, 2.05) is 17.5 Å². The standard InChI is InChI=1S/C19H16ClN3O4S/c20-16-6-4-12-10-13(3-5-15(12)22-16)18(25)27-11-17(24)23-19(26)21-8-7-14-2-1-9-28-14/h1-6,9-10H,7-8,11H2,(H2,21,23,24,26). The molecular formula is C19H16ClN3O4S. The third-order valence-electron chi connectivity index (χ3n) is 3.72. The van der Waals surface area contributed by atoms with Crippen LogP contribution in [0.1, 0.15) is 15.2 Å². The van der Waals surface area contributed by atoms with E-state index in [-0.39, 0.29) is 5.56 Å². The third-order valence-corrected chi connectivity index (χ3v) is 4.86. The Labute approximate surface area is 169 Å². The van der Waals surface area contributed by atoms with E-state index in [0.29, 0.717) is 29.0 Å². The molecule has 3 rings (SSSR count). The van der Waals surface area contributed by atoms with E-state index in [0.717, 1.165) is 4.88 Å². The van der Waals surface area contributed by atoms with Crippen LogP contribution in [0.15, 0.2) is 47.8 Å². The Balaban J connectivity index is 1.44. The van der Waals surface area contributed by atoms with Crippen molar-refractivity contribution in [3.05, 3.63) is 63.4 Å². The minimum Gasteiger partial charge on any atom is -0.452 e. The lowest BCUT2D eigenvalue weighted by molar-refractivity contribution is -0.123. The number of nitrogens with zero attached hydrogens (tertiary/aromatic N) is 1. The zero-order chi connectivity index (χ0) is 19.9. The first-order chi connectivity index (χ1) is 13.5. The Hall–Kier alpha value is -2.97. The number of carbonyl (C=O) groups is 3. The van der Waals surface area contributed by atoms with Gasteiger partial charge in [0.1, 0.15) is 5.15 Å². The van der Waals surface area contributed by atoms with Gasteiger partial charge < -0.3 is 10.1 Å². The van der Waals surface area contributed by atoms with E-state index in [1.165, 1.54) is 6.07 Å². The topological polar surface area (TPSA) is 97.4 Å². The molecular weight excluding hydrogens is 402 g/mol. The van der Waals surface area contributed by atoms with Gasteiger partial charge in [0.15, 0.2) is 6.61 Å². The van der Waals surface area contributed by atoms with Gasteiger partial charge in [-0.05, 0) is 48.2 Å². The van der Waals surface area contributed by atoms with Crippen molar-refractivity contribution in [2.24, 2.45) is 0 Å². The molecule has 144 valence electrons. The molecule has 0 aliphatic carbocycles. The minimum atomic E-state index is -0.712. The molecule has 28 heavy (non-hydrogen) atoms. The molecule has 0 fully saturated rings. The number of hydrogen-bond acceptors (Lipinski definition) is 6. The number of hydrogen-bond donors (Lipinski definition) is 2. The van der Waals surface area contributed by atoms with Crippen molar-refractivity contribution in [3.63, 3.8) is 0 Å². The molecule has 3 amide bonds. The molecule has 0 aliphatic heterocycles. The molecule has 2 N–H and O–H groups in total. The number of aromatic nitrogens is 1. The van der Waals surface area contributed by atoms with Gasteiger partial charge in [-0.1, -0.05) is 17.7 Å². The number of benzene rings is 1. The molecule has 0 aliphatic rings. The van der Waals surface area contributed by atoms with Gasteiger partial charge in [0.2, 0.25) is 0 Å².